The van der Waals surface area contributed by atoms with Crippen LogP contribution in [0.1, 0.15) is 88.5 Å². The molecule has 0 amide bonds. The lowest BCUT2D eigenvalue weighted by Gasteiger charge is -1.92. The van der Waals surface area contributed by atoms with Crippen LogP contribution >= 0.6 is 0 Å². The first kappa shape index (κ1) is 35.0. The van der Waals surface area contributed by atoms with Gasteiger partial charge in [0.15, 0.2) is 0 Å². The van der Waals surface area contributed by atoms with E-state index in [1.807, 2.05) is 27.7 Å². The predicted octanol–water partition coefficient (Wildman–Crippen LogP) is 12.0. The molecule has 0 heteroatoms. The van der Waals surface area contributed by atoms with Crippen molar-refractivity contribution in [3.63, 3.8) is 0 Å². The zero-order valence-corrected chi connectivity index (χ0v) is 22.1. The van der Waals surface area contributed by atoms with Gasteiger partial charge in [-0.15, -0.1) is 0 Å². The molecule has 0 N–H and O–H groups in total. The summed E-state index contributed by atoms with van der Waals surface area (Å²) in [5, 5.41) is 5.24. The van der Waals surface area contributed by atoms with Crippen molar-refractivity contribution >= 4 is 21.5 Å². The summed E-state index contributed by atoms with van der Waals surface area (Å²) in [6, 6.07) is 33.4. The molecule has 0 aliphatic carbocycles. The number of fused-ring (bicyclic) bond motifs is 2. The van der Waals surface area contributed by atoms with Crippen LogP contribution in [-0.4, -0.2) is 0 Å². The first-order valence-corrected chi connectivity index (χ1v) is 12.6. The highest BCUT2D eigenvalue weighted by Crippen LogP contribution is 2.12. The van der Waals surface area contributed by atoms with Crippen molar-refractivity contribution in [2.45, 2.75) is 88.5 Å². The van der Waals surface area contributed by atoms with E-state index in [4.69, 9.17) is 0 Å². The molecular weight excluding hydrogens is 396 g/mol. The average Bonchev–Trinajstić information content (AvgIpc) is 2.92. The van der Waals surface area contributed by atoms with E-state index < -0.39 is 0 Å². The molecule has 4 rings (SSSR count). The molecule has 4 aromatic rings. The summed E-state index contributed by atoms with van der Waals surface area (Å²) in [6.07, 6.45) is 5.28. The molecule has 0 unspecified atom stereocenters. The Morgan fingerprint density at radius 1 is 0.333 bits per heavy atom. The summed E-state index contributed by atoms with van der Waals surface area (Å²) in [5.74, 6) is 0. The first-order valence-electron chi connectivity index (χ1n) is 12.6. The van der Waals surface area contributed by atoms with Gasteiger partial charge in [0.1, 0.15) is 0 Å². The van der Waals surface area contributed by atoms with Crippen LogP contribution in [-0.2, 0) is 0 Å². The van der Waals surface area contributed by atoms with Gasteiger partial charge in [-0.25, -0.2) is 0 Å². The first-order chi connectivity index (χ1) is 15.8. The Labute approximate surface area is 207 Å². The Morgan fingerprint density at radius 2 is 0.455 bits per heavy atom. The van der Waals surface area contributed by atoms with E-state index in [0.717, 1.165) is 0 Å². The van der Waals surface area contributed by atoms with Crippen molar-refractivity contribution < 1.29 is 0 Å². The van der Waals surface area contributed by atoms with Gasteiger partial charge in [0, 0.05) is 0 Å². The number of unbranched alkanes of at least 4 members (excludes halogenated alkanes) is 2. The Bertz CT molecular complexity index is 666. The Hall–Kier alpha value is -2.60. The normalized spacial score (nSPS) is 8.24. The molecule has 184 valence electrons. The quantitative estimate of drug-likeness (QED) is 0.286. The largest absolute Gasteiger partial charge is 0.0776 e. The molecule has 0 radical (unpaired) electrons. The minimum Gasteiger partial charge on any atom is -0.0776 e. The third-order valence-electron chi connectivity index (χ3n) is 4.32. The van der Waals surface area contributed by atoms with Gasteiger partial charge < -0.3 is 0 Å². The average molecular weight is 449 g/mol. The number of rotatable bonds is 2. The lowest BCUT2D eigenvalue weighted by molar-refractivity contribution is 0.886. The van der Waals surface area contributed by atoms with Gasteiger partial charge in [-0.1, -0.05) is 186 Å². The van der Waals surface area contributed by atoms with Gasteiger partial charge in [0.2, 0.25) is 0 Å². The summed E-state index contributed by atoms with van der Waals surface area (Å²) < 4.78 is 0. The third kappa shape index (κ3) is 17.6. The van der Waals surface area contributed by atoms with Crippen molar-refractivity contribution in [3.8, 4) is 0 Å². The molecule has 0 spiro atoms. The molecule has 0 fully saturated rings. The monoisotopic (exact) mass is 448 g/mol. The van der Waals surface area contributed by atoms with Crippen molar-refractivity contribution in [2.75, 3.05) is 0 Å². The van der Waals surface area contributed by atoms with Crippen molar-refractivity contribution in [1.29, 1.82) is 0 Å². The van der Waals surface area contributed by atoms with E-state index >= 15 is 0 Å². The molecule has 0 aliphatic rings. The molecule has 0 aromatic heterocycles. The van der Waals surface area contributed by atoms with Gasteiger partial charge in [-0.2, -0.15) is 0 Å². The Morgan fingerprint density at radius 3 is 0.545 bits per heavy atom. The van der Waals surface area contributed by atoms with Crippen molar-refractivity contribution in [3.05, 3.63) is 97.1 Å². The molecule has 0 aliphatic heterocycles. The second-order valence-corrected chi connectivity index (χ2v) is 6.69. The Kier molecular flexibility index (Phi) is 29.1. The van der Waals surface area contributed by atoms with Gasteiger partial charge in [0.25, 0.3) is 0 Å². The van der Waals surface area contributed by atoms with Crippen LogP contribution in [0.15, 0.2) is 97.1 Å². The van der Waals surface area contributed by atoms with Crippen LogP contribution in [0.25, 0.3) is 21.5 Å². The van der Waals surface area contributed by atoms with Crippen LogP contribution in [0.4, 0.5) is 0 Å². The minimum atomic E-state index is 0. The topological polar surface area (TPSA) is 0 Å². The standard InChI is InChI=1S/2C10H8.2C4H10.2C2H6.CH4/c2*1-2-6-10-8-4-3-7-9(10)5-1;2*1-3-4-2;2*1-2;/h2*1-8H;2*3-4H2,1-2H3;2*1-2H3;1H4. The lowest BCUT2D eigenvalue weighted by atomic mass is 10.1. The SMILES string of the molecule is C.CC.CC.CCCC.CCCC.c1ccc2ccccc2c1.c1ccc2ccccc2c1. The molecule has 0 saturated carbocycles. The number of benzene rings is 4. The summed E-state index contributed by atoms with van der Waals surface area (Å²) in [7, 11) is 0. The highest BCUT2D eigenvalue weighted by molar-refractivity contribution is 5.82. The maximum absolute atomic E-state index is 2.18. The van der Waals surface area contributed by atoms with E-state index in [1.165, 1.54) is 47.2 Å². The highest BCUT2D eigenvalue weighted by atomic mass is 13.9. The fourth-order valence-electron chi connectivity index (χ4n) is 2.27. The van der Waals surface area contributed by atoms with E-state index in [0.29, 0.717) is 0 Å². The highest BCUT2D eigenvalue weighted by Gasteiger charge is 1.86. The van der Waals surface area contributed by atoms with Crippen LogP contribution < -0.4 is 0 Å². The Balaban J connectivity index is -0.000000368. The molecule has 0 atom stereocenters. The maximum Gasteiger partial charge on any atom is -0.0184 e. The predicted molar refractivity (Wildman–Crippen MR) is 158 cm³/mol. The summed E-state index contributed by atoms with van der Waals surface area (Å²) >= 11 is 0. The second kappa shape index (κ2) is 27.4. The molecule has 0 bridgehead atoms. The van der Waals surface area contributed by atoms with Crippen molar-refractivity contribution in [2.24, 2.45) is 0 Å². The molecule has 0 saturated heterocycles. The van der Waals surface area contributed by atoms with Gasteiger partial charge in [0.05, 0.1) is 0 Å². The fraction of sp³-hybridized carbons (Fsp3) is 0.394. The fourth-order valence-corrected chi connectivity index (χ4v) is 2.27. The second-order valence-electron chi connectivity index (χ2n) is 6.69. The smallest absolute Gasteiger partial charge is 0.0184 e. The summed E-state index contributed by atoms with van der Waals surface area (Å²) in [6.45, 7) is 16.7. The maximum atomic E-state index is 2.18. The molecule has 4 aromatic carbocycles. The van der Waals surface area contributed by atoms with Crippen LogP contribution in [0, 0.1) is 0 Å². The minimum absolute atomic E-state index is 0. The van der Waals surface area contributed by atoms with E-state index in [-0.39, 0.29) is 7.43 Å². The van der Waals surface area contributed by atoms with E-state index in [9.17, 15) is 0 Å². The molecule has 33 heavy (non-hydrogen) atoms. The summed E-state index contributed by atoms with van der Waals surface area (Å²) in [4.78, 5) is 0. The third-order valence-corrected chi connectivity index (χ3v) is 4.32. The van der Waals surface area contributed by atoms with Crippen molar-refractivity contribution in [1.82, 2.24) is 0 Å². The van der Waals surface area contributed by atoms with E-state index in [2.05, 4.69) is 125 Å². The molecular formula is C33H52. The van der Waals surface area contributed by atoms with Gasteiger partial charge in [-0.05, 0) is 21.5 Å². The van der Waals surface area contributed by atoms with Crippen LogP contribution in [0.3, 0.4) is 0 Å². The zero-order chi connectivity index (χ0) is 24.5. The van der Waals surface area contributed by atoms with E-state index in [1.54, 1.807) is 0 Å². The molecule has 0 heterocycles. The van der Waals surface area contributed by atoms with Crippen LogP contribution in [0.2, 0.25) is 0 Å². The van der Waals surface area contributed by atoms with Gasteiger partial charge in [-0.3, -0.25) is 0 Å². The van der Waals surface area contributed by atoms with Crippen LogP contribution in [0.5, 0.6) is 0 Å². The van der Waals surface area contributed by atoms with Gasteiger partial charge >= 0.3 is 0 Å². The summed E-state index contributed by atoms with van der Waals surface area (Å²) in [5.41, 5.74) is 0. The number of hydrogen-bond donors (Lipinski definition) is 0. The number of hydrogen-bond acceptors (Lipinski definition) is 0. The molecule has 0 nitrogen and oxygen atoms in total. The lowest BCUT2D eigenvalue weighted by Crippen LogP contribution is -1.67. The zero-order valence-electron chi connectivity index (χ0n) is 22.1.